The Labute approximate surface area is 165 Å². The SMILES string of the molecule is O=C(Cc1cccc2cccnc12)NCC(O)CN1CCc2ccccc2C1. The van der Waals surface area contributed by atoms with Gasteiger partial charge in [-0.15, -0.1) is 0 Å². The molecule has 2 aromatic carbocycles. The zero-order valence-corrected chi connectivity index (χ0v) is 15.8. The van der Waals surface area contributed by atoms with E-state index in [0.717, 1.165) is 36.0 Å². The Morgan fingerprint density at radius 3 is 2.82 bits per heavy atom. The molecule has 3 aromatic rings. The predicted octanol–water partition coefficient (Wildman–Crippen LogP) is 2.31. The molecule has 1 atom stereocenters. The Kier molecular flexibility index (Phi) is 5.65. The number of hydrogen-bond acceptors (Lipinski definition) is 4. The molecule has 0 bridgehead atoms. The highest BCUT2D eigenvalue weighted by Gasteiger charge is 2.19. The fourth-order valence-corrected chi connectivity index (χ4v) is 3.85. The van der Waals surface area contributed by atoms with Crippen molar-refractivity contribution >= 4 is 16.8 Å². The number of rotatable bonds is 6. The van der Waals surface area contributed by atoms with E-state index in [1.54, 1.807) is 6.20 Å². The van der Waals surface area contributed by atoms with Crippen molar-refractivity contribution < 1.29 is 9.90 Å². The number of aromatic nitrogens is 1. The highest BCUT2D eigenvalue weighted by atomic mass is 16.3. The lowest BCUT2D eigenvalue weighted by atomic mass is 10.00. The van der Waals surface area contributed by atoms with Crippen LogP contribution < -0.4 is 5.32 Å². The molecule has 1 aliphatic heterocycles. The highest BCUT2D eigenvalue weighted by molar-refractivity contribution is 5.87. The molecule has 5 nitrogen and oxygen atoms in total. The van der Waals surface area contributed by atoms with Crippen LogP contribution in [0.5, 0.6) is 0 Å². The Hall–Kier alpha value is -2.76. The molecule has 0 radical (unpaired) electrons. The zero-order valence-electron chi connectivity index (χ0n) is 15.8. The van der Waals surface area contributed by atoms with Crippen molar-refractivity contribution in [3.8, 4) is 0 Å². The van der Waals surface area contributed by atoms with Crippen molar-refractivity contribution in [2.75, 3.05) is 19.6 Å². The molecular formula is C23H25N3O2. The van der Waals surface area contributed by atoms with E-state index >= 15 is 0 Å². The molecule has 4 rings (SSSR count). The number of β-amino-alcohol motifs (C(OH)–C–C–N with tert-alkyl or cyclic N) is 1. The van der Waals surface area contributed by atoms with Gasteiger partial charge in [0.05, 0.1) is 18.0 Å². The van der Waals surface area contributed by atoms with E-state index < -0.39 is 6.10 Å². The average Bonchev–Trinajstić information content (AvgIpc) is 2.72. The third-order valence-corrected chi connectivity index (χ3v) is 5.28. The Bertz CT molecular complexity index is 967. The van der Waals surface area contributed by atoms with Crippen LogP contribution in [-0.4, -0.2) is 46.6 Å². The van der Waals surface area contributed by atoms with Gasteiger partial charge in [0.1, 0.15) is 0 Å². The summed E-state index contributed by atoms with van der Waals surface area (Å²) in [6, 6.07) is 18.2. The molecule has 1 aromatic heterocycles. The number of nitrogens with one attached hydrogen (secondary N) is 1. The van der Waals surface area contributed by atoms with Crippen LogP contribution in [0.1, 0.15) is 16.7 Å². The summed E-state index contributed by atoms with van der Waals surface area (Å²) in [5.74, 6) is -0.0961. The minimum atomic E-state index is -0.583. The van der Waals surface area contributed by atoms with Gasteiger partial charge in [-0.3, -0.25) is 14.7 Å². The molecule has 1 unspecified atom stereocenters. The van der Waals surface area contributed by atoms with Gasteiger partial charge < -0.3 is 10.4 Å². The third kappa shape index (κ3) is 4.38. The van der Waals surface area contributed by atoms with Crippen molar-refractivity contribution in [1.29, 1.82) is 0 Å². The molecule has 2 N–H and O–H groups in total. The lowest BCUT2D eigenvalue weighted by Gasteiger charge is -2.30. The zero-order chi connectivity index (χ0) is 19.3. The molecule has 0 saturated carbocycles. The van der Waals surface area contributed by atoms with E-state index in [4.69, 9.17) is 0 Å². The first kappa shape index (κ1) is 18.6. The number of para-hydroxylation sites is 1. The van der Waals surface area contributed by atoms with E-state index in [0.29, 0.717) is 6.54 Å². The number of aliphatic hydroxyl groups excluding tert-OH is 1. The van der Waals surface area contributed by atoms with Crippen LogP contribution in [0.4, 0.5) is 0 Å². The summed E-state index contributed by atoms with van der Waals surface area (Å²) in [6.45, 7) is 2.60. The van der Waals surface area contributed by atoms with E-state index in [1.807, 2.05) is 30.3 Å². The number of amides is 1. The molecule has 5 heteroatoms. The molecule has 0 spiro atoms. The molecule has 28 heavy (non-hydrogen) atoms. The minimum Gasteiger partial charge on any atom is -0.390 e. The van der Waals surface area contributed by atoms with Crippen LogP contribution in [0.2, 0.25) is 0 Å². The van der Waals surface area contributed by atoms with Crippen LogP contribution in [0.3, 0.4) is 0 Å². The first-order valence-corrected chi connectivity index (χ1v) is 9.75. The summed E-state index contributed by atoms with van der Waals surface area (Å²) in [5.41, 5.74) is 4.48. The highest BCUT2D eigenvalue weighted by Crippen LogP contribution is 2.18. The molecule has 0 saturated heterocycles. The summed E-state index contributed by atoms with van der Waals surface area (Å²) < 4.78 is 0. The van der Waals surface area contributed by atoms with Gasteiger partial charge in [0.2, 0.25) is 5.91 Å². The lowest BCUT2D eigenvalue weighted by molar-refractivity contribution is -0.120. The topological polar surface area (TPSA) is 65.5 Å². The number of aliphatic hydroxyl groups is 1. The summed E-state index contributed by atoms with van der Waals surface area (Å²) in [6.07, 6.45) is 2.42. The fraction of sp³-hybridized carbons (Fsp3) is 0.304. The standard InChI is InChI=1S/C23H25N3O2/c27-21(16-26-12-10-17-5-1-2-6-20(17)15-26)14-25-22(28)13-19-8-3-7-18-9-4-11-24-23(18)19/h1-9,11,21,27H,10,12-16H2,(H,25,28). The summed E-state index contributed by atoms with van der Waals surface area (Å²) in [5, 5.41) is 14.3. The number of benzene rings is 2. The van der Waals surface area contributed by atoms with Crippen molar-refractivity contribution in [3.05, 3.63) is 77.5 Å². The van der Waals surface area contributed by atoms with Crippen molar-refractivity contribution in [2.24, 2.45) is 0 Å². The van der Waals surface area contributed by atoms with Crippen molar-refractivity contribution in [1.82, 2.24) is 15.2 Å². The van der Waals surface area contributed by atoms with Crippen molar-refractivity contribution in [3.63, 3.8) is 0 Å². The Morgan fingerprint density at radius 1 is 1.11 bits per heavy atom. The van der Waals surface area contributed by atoms with E-state index in [1.165, 1.54) is 11.1 Å². The predicted molar refractivity (Wildman–Crippen MR) is 110 cm³/mol. The molecule has 144 valence electrons. The fourth-order valence-electron chi connectivity index (χ4n) is 3.85. The molecule has 0 fully saturated rings. The maximum atomic E-state index is 12.4. The second-order valence-corrected chi connectivity index (χ2v) is 7.38. The van der Waals surface area contributed by atoms with Gasteiger partial charge in [-0.05, 0) is 29.2 Å². The Morgan fingerprint density at radius 2 is 1.93 bits per heavy atom. The molecule has 1 amide bonds. The normalized spacial score (nSPS) is 15.2. The molecular weight excluding hydrogens is 350 g/mol. The van der Waals surface area contributed by atoms with Crippen LogP contribution in [0.25, 0.3) is 10.9 Å². The van der Waals surface area contributed by atoms with Gasteiger partial charge in [0.25, 0.3) is 0 Å². The van der Waals surface area contributed by atoms with Gasteiger partial charge in [0, 0.05) is 37.8 Å². The summed E-state index contributed by atoms with van der Waals surface area (Å²) in [4.78, 5) is 19.0. The van der Waals surface area contributed by atoms with Crippen LogP contribution in [-0.2, 0) is 24.2 Å². The van der Waals surface area contributed by atoms with Gasteiger partial charge >= 0.3 is 0 Å². The van der Waals surface area contributed by atoms with Crippen LogP contribution in [0, 0.1) is 0 Å². The monoisotopic (exact) mass is 375 g/mol. The third-order valence-electron chi connectivity index (χ3n) is 5.28. The first-order chi connectivity index (χ1) is 13.7. The van der Waals surface area contributed by atoms with E-state index in [-0.39, 0.29) is 18.9 Å². The van der Waals surface area contributed by atoms with Crippen molar-refractivity contribution in [2.45, 2.75) is 25.5 Å². The summed E-state index contributed by atoms with van der Waals surface area (Å²) in [7, 11) is 0. The lowest BCUT2D eigenvalue weighted by Crippen LogP contribution is -2.42. The maximum Gasteiger partial charge on any atom is 0.224 e. The van der Waals surface area contributed by atoms with E-state index in [9.17, 15) is 9.90 Å². The van der Waals surface area contributed by atoms with Gasteiger partial charge in [-0.25, -0.2) is 0 Å². The smallest absolute Gasteiger partial charge is 0.224 e. The van der Waals surface area contributed by atoms with Gasteiger partial charge in [0.15, 0.2) is 0 Å². The average molecular weight is 375 g/mol. The molecule has 1 aliphatic rings. The quantitative estimate of drug-likeness (QED) is 0.694. The second kappa shape index (κ2) is 8.50. The van der Waals surface area contributed by atoms with E-state index in [2.05, 4.69) is 39.5 Å². The molecule has 2 heterocycles. The van der Waals surface area contributed by atoms with Gasteiger partial charge in [-0.2, -0.15) is 0 Å². The first-order valence-electron chi connectivity index (χ1n) is 9.75. The minimum absolute atomic E-state index is 0.0961. The number of carbonyl (C=O) groups excluding carboxylic acids is 1. The van der Waals surface area contributed by atoms with Crippen LogP contribution >= 0.6 is 0 Å². The Balaban J connectivity index is 1.28. The summed E-state index contributed by atoms with van der Waals surface area (Å²) >= 11 is 0. The number of hydrogen-bond donors (Lipinski definition) is 2. The number of carbonyl (C=O) groups is 1. The second-order valence-electron chi connectivity index (χ2n) is 7.38. The van der Waals surface area contributed by atoms with Gasteiger partial charge in [-0.1, -0.05) is 48.5 Å². The number of fused-ring (bicyclic) bond motifs is 2. The van der Waals surface area contributed by atoms with Crippen LogP contribution in [0.15, 0.2) is 60.8 Å². The number of pyridine rings is 1. The number of nitrogens with zero attached hydrogens (tertiary/aromatic N) is 2. The maximum absolute atomic E-state index is 12.4. The molecule has 0 aliphatic carbocycles. The largest absolute Gasteiger partial charge is 0.390 e.